The lowest BCUT2D eigenvalue weighted by Gasteiger charge is -2.14. The topological polar surface area (TPSA) is 86.6 Å². The Labute approximate surface area is 105 Å². The molecule has 5 nitrogen and oxygen atoms in total. The molecule has 1 aromatic rings. The van der Waals surface area contributed by atoms with E-state index >= 15 is 0 Å². The number of phenolic OH excluding ortho intramolecular Hbond substituents is 1. The third kappa shape index (κ3) is 3.48. The summed E-state index contributed by atoms with van der Waals surface area (Å²) in [6.45, 7) is 4.78. The minimum atomic E-state index is -1.08. The van der Waals surface area contributed by atoms with Crippen molar-refractivity contribution in [2.24, 2.45) is 0 Å². The Morgan fingerprint density at radius 3 is 2.17 bits per heavy atom. The van der Waals surface area contributed by atoms with Crippen molar-refractivity contribution < 1.29 is 19.8 Å². The summed E-state index contributed by atoms with van der Waals surface area (Å²) in [6, 6.07) is 2.49. The van der Waals surface area contributed by atoms with Crippen LogP contribution in [0.3, 0.4) is 0 Å². The van der Waals surface area contributed by atoms with Gasteiger partial charge in [0.2, 0.25) is 5.91 Å². The monoisotopic (exact) mass is 251 g/mol. The molecular formula is C13H17NO4. The lowest BCUT2D eigenvalue weighted by molar-refractivity contribution is -0.141. The number of aromatic hydroxyl groups is 1. The quantitative estimate of drug-likeness (QED) is 0.749. The van der Waals surface area contributed by atoms with E-state index in [0.717, 1.165) is 5.56 Å². The van der Waals surface area contributed by atoms with E-state index < -0.39 is 12.0 Å². The summed E-state index contributed by atoms with van der Waals surface area (Å²) >= 11 is 0. The van der Waals surface area contributed by atoms with Crippen LogP contribution in [0.1, 0.15) is 23.6 Å². The van der Waals surface area contributed by atoms with Crippen molar-refractivity contribution in [1.29, 1.82) is 0 Å². The van der Waals surface area contributed by atoms with Crippen molar-refractivity contribution in [3.05, 3.63) is 28.8 Å². The van der Waals surface area contributed by atoms with Gasteiger partial charge in [-0.2, -0.15) is 0 Å². The summed E-state index contributed by atoms with van der Waals surface area (Å²) in [5.74, 6) is -1.24. The van der Waals surface area contributed by atoms with Crippen LogP contribution in [-0.2, 0) is 16.0 Å². The number of carbonyl (C=O) groups excluding carboxylic acids is 1. The minimum absolute atomic E-state index is 0.191. The number of phenols is 1. The average molecular weight is 251 g/mol. The number of aryl methyl sites for hydroxylation is 2. The molecule has 0 aliphatic rings. The van der Waals surface area contributed by atoms with Crippen LogP contribution < -0.4 is 5.32 Å². The number of benzene rings is 1. The molecule has 1 unspecified atom stereocenters. The number of carboxylic acid groups (broad SMARTS) is 1. The second kappa shape index (κ2) is 5.53. The molecule has 0 aliphatic carbocycles. The highest BCUT2D eigenvalue weighted by molar-refractivity contribution is 5.82. The van der Waals surface area contributed by atoms with E-state index in [1.807, 2.05) is 0 Å². The predicted molar refractivity (Wildman–Crippen MR) is 66.5 cm³/mol. The van der Waals surface area contributed by atoms with Crippen LogP contribution in [0.4, 0.5) is 0 Å². The van der Waals surface area contributed by atoms with Gasteiger partial charge in [-0.25, -0.2) is 4.79 Å². The third-order valence-corrected chi connectivity index (χ3v) is 2.67. The van der Waals surface area contributed by atoms with Crippen molar-refractivity contribution in [2.75, 3.05) is 0 Å². The van der Waals surface area contributed by atoms with Crippen molar-refractivity contribution >= 4 is 11.9 Å². The molecule has 1 aromatic carbocycles. The summed E-state index contributed by atoms with van der Waals surface area (Å²) in [5.41, 5.74) is 2.15. The van der Waals surface area contributed by atoms with Crippen LogP contribution in [0.25, 0.3) is 0 Å². The van der Waals surface area contributed by atoms with Crippen molar-refractivity contribution in [2.45, 2.75) is 33.2 Å². The van der Waals surface area contributed by atoms with Crippen LogP contribution in [0, 0.1) is 13.8 Å². The first-order chi connectivity index (χ1) is 8.31. The maximum absolute atomic E-state index is 11.0. The van der Waals surface area contributed by atoms with Gasteiger partial charge in [-0.1, -0.05) is 12.1 Å². The van der Waals surface area contributed by atoms with E-state index in [-0.39, 0.29) is 18.1 Å². The Hall–Kier alpha value is -2.04. The van der Waals surface area contributed by atoms with Crippen LogP contribution >= 0.6 is 0 Å². The van der Waals surface area contributed by atoms with Crippen molar-refractivity contribution in [3.63, 3.8) is 0 Å². The standard InChI is InChI=1S/C13H17NO4/c1-7-4-10(5-8(2)12(7)16)6-11(13(17)18)14-9(3)15/h4-5,11,16H,6H2,1-3H3,(H,14,15)(H,17,18). The Bertz CT molecular complexity index is 459. The maximum atomic E-state index is 11.0. The van der Waals surface area contributed by atoms with Gasteiger partial charge in [0.25, 0.3) is 0 Å². The Kier molecular flexibility index (Phi) is 4.31. The number of amides is 1. The van der Waals surface area contributed by atoms with E-state index in [9.17, 15) is 14.7 Å². The molecule has 0 bridgehead atoms. The van der Waals surface area contributed by atoms with Crippen LogP contribution in [-0.4, -0.2) is 28.1 Å². The molecular weight excluding hydrogens is 234 g/mol. The van der Waals surface area contributed by atoms with E-state index in [2.05, 4.69) is 5.32 Å². The molecule has 5 heteroatoms. The number of carbonyl (C=O) groups is 2. The molecule has 0 heterocycles. The summed E-state index contributed by atoms with van der Waals surface area (Å²) in [5, 5.41) is 21.0. The Morgan fingerprint density at radius 2 is 1.78 bits per heavy atom. The fourth-order valence-electron chi connectivity index (χ4n) is 1.84. The number of hydrogen-bond acceptors (Lipinski definition) is 3. The molecule has 3 N–H and O–H groups in total. The molecule has 0 aromatic heterocycles. The molecule has 0 radical (unpaired) electrons. The summed E-state index contributed by atoms with van der Waals surface area (Å²) in [7, 11) is 0. The van der Waals surface area contributed by atoms with Gasteiger partial charge in [0.05, 0.1) is 0 Å². The van der Waals surface area contributed by atoms with Crippen molar-refractivity contribution in [3.8, 4) is 5.75 Å². The first kappa shape index (κ1) is 14.0. The summed E-state index contributed by atoms with van der Waals surface area (Å²) in [4.78, 5) is 21.9. The van der Waals surface area contributed by atoms with E-state index in [4.69, 9.17) is 5.11 Å². The van der Waals surface area contributed by atoms with Gasteiger partial charge in [0, 0.05) is 13.3 Å². The van der Waals surface area contributed by atoms with Gasteiger partial charge >= 0.3 is 5.97 Å². The molecule has 1 atom stereocenters. The molecule has 98 valence electrons. The summed E-state index contributed by atoms with van der Waals surface area (Å²) < 4.78 is 0. The number of hydrogen-bond donors (Lipinski definition) is 3. The fourth-order valence-corrected chi connectivity index (χ4v) is 1.84. The number of nitrogens with one attached hydrogen (secondary N) is 1. The molecule has 0 fully saturated rings. The average Bonchev–Trinajstić information content (AvgIpc) is 2.24. The lowest BCUT2D eigenvalue weighted by Crippen LogP contribution is -2.41. The Morgan fingerprint density at radius 1 is 1.28 bits per heavy atom. The number of rotatable bonds is 4. The van der Waals surface area contributed by atoms with Gasteiger partial charge in [-0.15, -0.1) is 0 Å². The molecule has 1 amide bonds. The normalized spacial score (nSPS) is 11.9. The zero-order chi connectivity index (χ0) is 13.9. The maximum Gasteiger partial charge on any atom is 0.326 e. The molecule has 1 rings (SSSR count). The smallest absolute Gasteiger partial charge is 0.326 e. The molecule has 0 saturated heterocycles. The largest absolute Gasteiger partial charge is 0.507 e. The van der Waals surface area contributed by atoms with E-state index in [1.165, 1.54) is 6.92 Å². The molecule has 18 heavy (non-hydrogen) atoms. The van der Waals surface area contributed by atoms with Crippen LogP contribution in [0.15, 0.2) is 12.1 Å². The third-order valence-electron chi connectivity index (χ3n) is 2.67. The lowest BCUT2D eigenvalue weighted by atomic mass is 10.00. The van der Waals surface area contributed by atoms with E-state index in [1.54, 1.807) is 26.0 Å². The van der Waals surface area contributed by atoms with Crippen molar-refractivity contribution in [1.82, 2.24) is 5.32 Å². The predicted octanol–water partition coefficient (Wildman–Crippen LogP) is 1.14. The van der Waals surface area contributed by atoms with Gasteiger partial charge in [-0.3, -0.25) is 4.79 Å². The van der Waals surface area contributed by atoms with Crippen LogP contribution in [0.5, 0.6) is 5.75 Å². The molecule has 0 spiro atoms. The highest BCUT2D eigenvalue weighted by atomic mass is 16.4. The van der Waals surface area contributed by atoms with Crippen LogP contribution in [0.2, 0.25) is 0 Å². The van der Waals surface area contributed by atoms with Gasteiger partial charge in [0.15, 0.2) is 0 Å². The zero-order valence-electron chi connectivity index (χ0n) is 10.7. The number of carboxylic acids is 1. The highest BCUT2D eigenvalue weighted by Crippen LogP contribution is 2.23. The second-order valence-corrected chi connectivity index (χ2v) is 4.37. The van der Waals surface area contributed by atoms with Gasteiger partial charge in [-0.05, 0) is 30.5 Å². The highest BCUT2D eigenvalue weighted by Gasteiger charge is 2.19. The first-order valence-electron chi connectivity index (χ1n) is 5.60. The SMILES string of the molecule is CC(=O)NC(Cc1cc(C)c(O)c(C)c1)C(=O)O. The minimum Gasteiger partial charge on any atom is -0.507 e. The Balaban J connectivity index is 2.94. The molecule has 0 saturated carbocycles. The molecule has 0 aliphatic heterocycles. The fraction of sp³-hybridized carbons (Fsp3) is 0.385. The second-order valence-electron chi connectivity index (χ2n) is 4.37. The number of aliphatic carboxylic acids is 1. The first-order valence-corrected chi connectivity index (χ1v) is 5.60. The summed E-state index contributed by atoms with van der Waals surface area (Å²) in [6.07, 6.45) is 0.191. The van der Waals surface area contributed by atoms with Gasteiger partial charge in [0.1, 0.15) is 11.8 Å². The van der Waals surface area contributed by atoms with Gasteiger partial charge < -0.3 is 15.5 Å². The van der Waals surface area contributed by atoms with E-state index in [0.29, 0.717) is 11.1 Å². The zero-order valence-corrected chi connectivity index (χ0v) is 10.7.